The first kappa shape index (κ1) is 14.0. The highest BCUT2D eigenvalue weighted by molar-refractivity contribution is 7.92. The highest BCUT2D eigenvalue weighted by Gasteiger charge is 2.21. The van der Waals surface area contributed by atoms with Crippen LogP contribution in [-0.2, 0) is 19.4 Å². The predicted octanol–water partition coefficient (Wildman–Crippen LogP) is 2.07. The van der Waals surface area contributed by atoms with Gasteiger partial charge in [-0.05, 0) is 32.0 Å². The zero-order valence-corrected chi connectivity index (χ0v) is 11.1. The van der Waals surface area contributed by atoms with Gasteiger partial charge in [0, 0.05) is 5.02 Å². The Labute approximate surface area is 105 Å². The molecule has 0 N–H and O–H groups in total. The van der Waals surface area contributed by atoms with Crippen LogP contribution < -0.4 is 0 Å². The van der Waals surface area contributed by atoms with Gasteiger partial charge in [0.2, 0.25) is 0 Å². The van der Waals surface area contributed by atoms with Crippen LogP contribution in [0.2, 0.25) is 5.02 Å². The van der Waals surface area contributed by atoms with Crippen molar-refractivity contribution in [2.24, 2.45) is 0 Å². The van der Waals surface area contributed by atoms with Gasteiger partial charge in [0.15, 0.2) is 15.6 Å². The van der Waals surface area contributed by atoms with Gasteiger partial charge in [-0.1, -0.05) is 17.7 Å². The molecule has 0 aliphatic heterocycles. The lowest BCUT2D eigenvalue weighted by atomic mass is 10.4. The molecule has 0 fully saturated rings. The Morgan fingerprint density at radius 3 is 2.59 bits per heavy atom. The Kier molecular flexibility index (Phi) is 4.54. The van der Waals surface area contributed by atoms with Gasteiger partial charge in [-0.15, -0.1) is 0 Å². The molecule has 0 saturated heterocycles. The number of hydrogen-bond donors (Lipinski definition) is 0. The molecule has 0 unspecified atom stereocenters. The SMILES string of the molecule is CC(C)OC(=O)CS(=O)(=O)c1cccc(Cl)c1. The third-order valence-electron chi connectivity index (χ3n) is 1.83. The second-order valence-corrected chi connectivity index (χ2v) is 6.18. The molecule has 0 spiro atoms. The summed E-state index contributed by atoms with van der Waals surface area (Å²) in [4.78, 5) is 11.3. The van der Waals surface area contributed by atoms with Gasteiger partial charge in [-0.25, -0.2) is 8.42 Å². The minimum atomic E-state index is -3.69. The van der Waals surface area contributed by atoms with Crippen molar-refractivity contribution < 1.29 is 17.9 Å². The van der Waals surface area contributed by atoms with Gasteiger partial charge in [0.25, 0.3) is 0 Å². The van der Waals surface area contributed by atoms with Crippen molar-refractivity contribution in [3.63, 3.8) is 0 Å². The Morgan fingerprint density at radius 1 is 1.41 bits per heavy atom. The average Bonchev–Trinajstić information content (AvgIpc) is 2.15. The van der Waals surface area contributed by atoms with E-state index in [9.17, 15) is 13.2 Å². The maximum absolute atomic E-state index is 11.8. The summed E-state index contributed by atoms with van der Waals surface area (Å²) < 4.78 is 28.4. The number of esters is 1. The molecule has 4 nitrogen and oxygen atoms in total. The molecule has 1 aromatic carbocycles. The monoisotopic (exact) mass is 276 g/mol. The van der Waals surface area contributed by atoms with E-state index in [1.165, 1.54) is 18.2 Å². The molecule has 0 radical (unpaired) electrons. The lowest BCUT2D eigenvalue weighted by molar-refractivity contribution is -0.144. The molecule has 0 aliphatic rings. The zero-order valence-electron chi connectivity index (χ0n) is 9.51. The first-order chi connectivity index (χ1) is 7.81. The van der Waals surface area contributed by atoms with Gasteiger partial charge in [0.1, 0.15) is 0 Å². The summed E-state index contributed by atoms with van der Waals surface area (Å²) in [7, 11) is -3.69. The Hall–Kier alpha value is -1.07. The van der Waals surface area contributed by atoms with Crippen molar-refractivity contribution in [2.75, 3.05) is 5.75 Å². The second kappa shape index (κ2) is 5.51. The smallest absolute Gasteiger partial charge is 0.321 e. The molecule has 1 aromatic rings. The number of halogens is 1. The maximum atomic E-state index is 11.8. The van der Waals surface area contributed by atoms with Crippen LogP contribution in [0.4, 0.5) is 0 Å². The Morgan fingerprint density at radius 2 is 2.06 bits per heavy atom. The molecular formula is C11H13ClO4S. The van der Waals surface area contributed by atoms with Gasteiger partial charge in [-0.2, -0.15) is 0 Å². The van der Waals surface area contributed by atoms with Crippen LogP contribution in [0.25, 0.3) is 0 Å². The van der Waals surface area contributed by atoms with E-state index in [2.05, 4.69) is 0 Å². The van der Waals surface area contributed by atoms with Crippen molar-refractivity contribution in [2.45, 2.75) is 24.8 Å². The molecule has 17 heavy (non-hydrogen) atoms. The van der Waals surface area contributed by atoms with Gasteiger partial charge in [-0.3, -0.25) is 4.79 Å². The van der Waals surface area contributed by atoms with Crippen LogP contribution in [0, 0.1) is 0 Å². The number of carbonyl (C=O) groups is 1. The molecule has 0 bridgehead atoms. The molecule has 0 saturated carbocycles. The number of hydrogen-bond acceptors (Lipinski definition) is 4. The number of sulfone groups is 1. The summed E-state index contributed by atoms with van der Waals surface area (Å²) in [6.45, 7) is 3.31. The number of rotatable bonds is 4. The normalized spacial score (nSPS) is 11.5. The van der Waals surface area contributed by atoms with Gasteiger partial charge in [0.05, 0.1) is 11.0 Å². The van der Waals surface area contributed by atoms with Crippen molar-refractivity contribution in [1.82, 2.24) is 0 Å². The van der Waals surface area contributed by atoms with Crippen LogP contribution in [0.1, 0.15) is 13.8 Å². The van der Waals surface area contributed by atoms with Gasteiger partial charge >= 0.3 is 5.97 Å². The first-order valence-corrected chi connectivity index (χ1v) is 7.02. The van der Waals surface area contributed by atoms with Crippen molar-refractivity contribution >= 4 is 27.4 Å². The molecule has 0 amide bonds. The molecule has 0 heterocycles. The molecule has 6 heteroatoms. The summed E-state index contributed by atoms with van der Waals surface area (Å²) in [6, 6.07) is 5.78. The van der Waals surface area contributed by atoms with Crippen molar-refractivity contribution in [3.05, 3.63) is 29.3 Å². The van der Waals surface area contributed by atoms with Gasteiger partial charge < -0.3 is 4.74 Å². The first-order valence-electron chi connectivity index (χ1n) is 4.99. The number of carbonyl (C=O) groups excluding carboxylic acids is 1. The standard InChI is InChI=1S/C11H13ClO4S/c1-8(2)16-11(13)7-17(14,15)10-5-3-4-9(12)6-10/h3-6,8H,7H2,1-2H3. The molecule has 94 valence electrons. The summed E-state index contributed by atoms with van der Waals surface area (Å²) in [6.07, 6.45) is -0.336. The lowest BCUT2D eigenvalue weighted by Crippen LogP contribution is -2.21. The van der Waals surface area contributed by atoms with Crippen LogP contribution in [0.15, 0.2) is 29.2 Å². The van der Waals surface area contributed by atoms with Crippen LogP contribution >= 0.6 is 11.6 Å². The summed E-state index contributed by atoms with van der Waals surface area (Å²) in [5.74, 6) is -1.44. The minimum Gasteiger partial charge on any atom is -0.462 e. The molecule has 0 aromatic heterocycles. The van der Waals surface area contributed by atoms with Crippen LogP contribution in [0.5, 0.6) is 0 Å². The van der Waals surface area contributed by atoms with Crippen molar-refractivity contribution in [3.8, 4) is 0 Å². The predicted molar refractivity (Wildman–Crippen MR) is 64.7 cm³/mol. The third kappa shape index (κ3) is 4.36. The minimum absolute atomic E-state index is 0.0192. The third-order valence-corrected chi connectivity index (χ3v) is 3.65. The topological polar surface area (TPSA) is 60.4 Å². The summed E-state index contributed by atoms with van der Waals surface area (Å²) >= 11 is 5.69. The number of benzene rings is 1. The van der Waals surface area contributed by atoms with E-state index in [-0.39, 0.29) is 11.0 Å². The van der Waals surface area contributed by atoms with E-state index in [0.29, 0.717) is 5.02 Å². The molecule has 0 atom stereocenters. The lowest BCUT2D eigenvalue weighted by Gasteiger charge is -2.08. The summed E-state index contributed by atoms with van der Waals surface area (Å²) in [5, 5.41) is 0.309. The van der Waals surface area contributed by atoms with E-state index in [0.717, 1.165) is 0 Å². The molecular weight excluding hydrogens is 264 g/mol. The molecule has 1 rings (SSSR count). The quantitative estimate of drug-likeness (QED) is 0.790. The second-order valence-electron chi connectivity index (χ2n) is 3.76. The van der Waals surface area contributed by atoms with Crippen LogP contribution in [-0.4, -0.2) is 26.2 Å². The van der Waals surface area contributed by atoms with E-state index >= 15 is 0 Å². The Bertz CT molecular complexity index is 508. The fraction of sp³-hybridized carbons (Fsp3) is 0.364. The number of ether oxygens (including phenoxy) is 1. The fourth-order valence-electron chi connectivity index (χ4n) is 1.20. The van der Waals surface area contributed by atoms with E-state index < -0.39 is 21.6 Å². The Balaban J connectivity index is 2.86. The van der Waals surface area contributed by atoms with E-state index in [1.807, 2.05) is 0 Å². The maximum Gasteiger partial charge on any atom is 0.321 e. The fourth-order valence-corrected chi connectivity index (χ4v) is 2.59. The summed E-state index contributed by atoms with van der Waals surface area (Å²) in [5.41, 5.74) is 0. The largest absolute Gasteiger partial charge is 0.462 e. The van der Waals surface area contributed by atoms with E-state index in [4.69, 9.17) is 16.3 Å². The zero-order chi connectivity index (χ0) is 13.1. The molecule has 0 aliphatic carbocycles. The highest BCUT2D eigenvalue weighted by Crippen LogP contribution is 2.17. The average molecular weight is 277 g/mol. The highest BCUT2D eigenvalue weighted by atomic mass is 35.5. The van der Waals surface area contributed by atoms with Crippen molar-refractivity contribution in [1.29, 1.82) is 0 Å². The van der Waals surface area contributed by atoms with E-state index in [1.54, 1.807) is 19.9 Å². The van der Waals surface area contributed by atoms with Crippen LogP contribution in [0.3, 0.4) is 0 Å².